The van der Waals surface area contributed by atoms with Crippen molar-refractivity contribution < 1.29 is 4.79 Å². The van der Waals surface area contributed by atoms with Crippen LogP contribution in [0.1, 0.15) is 50.8 Å². The summed E-state index contributed by atoms with van der Waals surface area (Å²) in [5.74, 6) is 0.465. The summed E-state index contributed by atoms with van der Waals surface area (Å²) in [6.45, 7) is 6.58. The topological polar surface area (TPSA) is 79.3 Å². The Labute approximate surface area is 245 Å². The van der Waals surface area contributed by atoms with Crippen molar-refractivity contribution in [3.05, 3.63) is 81.2 Å². The van der Waals surface area contributed by atoms with Crippen LogP contribution in [0.5, 0.6) is 0 Å². The number of thioether (sulfide) groups is 1. The molecule has 1 aromatic heterocycles. The second-order valence-corrected chi connectivity index (χ2v) is 12.7. The van der Waals surface area contributed by atoms with Crippen molar-refractivity contribution in [2.45, 2.75) is 68.9 Å². The molecule has 0 unspecified atom stereocenters. The summed E-state index contributed by atoms with van der Waals surface area (Å²) in [6, 6.07) is 17.7. The molecule has 2 N–H and O–H groups in total. The van der Waals surface area contributed by atoms with Crippen LogP contribution in [0.15, 0.2) is 64.5 Å². The molecule has 3 aromatic rings. The Morgan fingerprint density at radius 1 is 1.12 bits per heavy atom. The number of benzene rings is 2. The third-order valence-electron chi connectivity index (χ3n) is 7.77. The summed E-state index contributed by atoms with van der Waals surface area (Å²) in [5, 5.41) is 9.01. The first kappa shape index (κ1) is 28.7. The van der Waals surface area contributed by atoms with Crippen LogP contribution in [0.2, 0.25) is 5.02 Å². The minimum absolute atomic E-state index is 0.0540. The van der Waals surface area contributed by atoms with Gasteiger partial charge in [-0.2, -0.15) is 0 Å². The fourth-order valence-corrected chi connectivity index (χ4v) is 6.46. The monoisotopic (exact) mass is 579 g/mol. The van der Waals surface area contributed by atoms with Gasteiger partial charge in [0.25, 0.3) is 5.56 Å². The van der Waals surface area contributed by atoms with Crippen molar-refractivity contribution in [1.29, 1.82) is 0 Å². The number of nitrogens with one attached hydrogen (secondary N) is 2. The SMILES string of the molecule is CC(C)[C@@H](CNCCC(=O)N1CCc2nc(SC3CCC3)n(-c3ccccc3)c(=O)c2C1)Nc1ccc(Cl)cc1. The second-order valence-electron chi connectivity index (χ2n) is 11.0. The number of rotatable bonds is 11. The minimum Gasteiger partial charge on any atom is -0.381 e. The van der Waals surface area contributed by atoms with Crippen LogP contribution in [0.4, 0.5) is 5.69 Å². The van der Waals surface area contributed by atoms with E-state index in [0.29, 0.717) is 54.2 Å². The van der Waals surface area contributed by atoms with Gasteiger partial charge in [-0.3, -0.25) is 14.2 Å². The molecule has 2 heterocycles. The highest BCUT2D eigenvalue weighted by Crippen LogP contribution is 2.36. The van der Waals surface area contributed by atoms with E-state index in [0.717, 1.165) is 41.6 Å². The number of carbonyl (C=O) groups excluding carboxylic acids is 1. The number of para-hydroxylation sites is 1. The van der Waals surface area contributed by atoms with Gasteiger partial charge in [-0.25, -0.2) is 4.98 Å². The molecule has 1 saturated carbocycles. The smallest absolute Gasteiger partial charge is 0.264 e. The minimum atomic E-state index is -0.0540. The molecule has 2 aliphatic rings. The third kappa shape index (κ3) is 6.90. The van der Waals surface area contributed by atoms with Gasteiger partial charge in [0.1, 0.15) is 0 Å². The first-order chi connectivity index (χ1) is 19.4. The number of anilines is 1. The van der Waals surface area contributed by atoms with Gasteiger partial charge in [0.05, 0.1) is 23.5 Å². The lowest BCUT2D eigenvalue weighted by Crippen LogP contribution is -2.43. The molecule has 1 amide bonds. The Bertz CT molecular complexity index is 1360. The van der Waals surface area contributed by atoms with Gasteiger partial charge in [0.2, 0.25) is 5.91 Å². The molecule has 1 aliphatic carbocycles. The Balaban J connectivity index is 1.21. The van der Waals surface area contributed by atoms with Crippen LogP contribution in [-0.4, -0.2) is 51.3 Å². The van der Waals surface area contributed by atoms with E-state index in [9.17, 15) is 9.59 Å². The second kappa shape index (κ2) is 13.2. The Kier molecular flexibility index (Phi) is 9.50. The lowest BCUT2D eigenvalue weighted by atomic mass is 10.0. The average molecular weight is 580 g/mol. The predicted octanol–water partition coefficient (Wildman–Crippen LogP) is 5.53. The van der Waals surface area contributed by atoms with E-state index in [1.807, 2.05) is 59.5 Å². The fraction of sp³-hybridized carbons (Fsp3) is 0.452. The Hall–Kier alpha value is -2.81. The zero-order valence-corrected chi connectivity index (χ0v) is 24.8. The Morgan fingerprint density at radius 2 is 1.88 bits per heavy atom. The summed E-state index contributed by atoms with van der Waals surface area (Å²) in [4.78, 5) is 33.8. The first-order valence-corrected chi connectivity index (χ1v) is 15.5. The summed E-state index contributed by atoms with van der Waals surface area (Å²) in [6.07, 6.45) is 4.56. The van der Waals surface area contributed by atoms with Crippen LogP contribution in [-0.2, 0) is 17.8 Å². The maximum absolute atomic E-state index is 13.8. The molecule has 40 heavy (non-hydrogen) atoms. The number of fused-ring (bicyclic) bond motifs is 1. The standard InChI is InChI=1S/C31H38ClN5O2S/c1-21(2)28(34-23-13-11-22(32)12-14-23)19-33-17-15-29(38)36-18-16-27-26(20-36)30(39)37(24-7-4-3-5-8-24)31(35-27)40-25-9-6-10-25/h3-5,7-8,11-14,21,25,28,33-34H,6,9-10,15-20H2,1-2H3/t28-/m1/s1. The van der Waals surface area contributed by atoms with Crippen LogP contribution in [0, 0.1) is 5.92 Å². The largest absolute Gasteiger partial charge is 0.381 e. The molecular formula is C31H38ClN5O2S. The van der Waals surface area contributed by atoms with Gasteiger partial charge in [0, 0.05) is 54.5 Å². The quantitative estimate of drug-likeness (QED) is 0.230. The molecule has 0 saturated heterocycles. The van der Waals surface area contributed by atoms with Gasteiger partial charge in [0.15, 0.2) is 5.16 Å². The van der Waals surface area contributed by atoms with E-state index in [2.05, 4.69) is 24.5 Å². The number of hydrogen-bond donors (Lipinski definition) is 2. The van der Waals surface area contributed by atoms with Crippen molar-refractivity contribution in [2.24, 2.45) is 5.92 Å². The lowest BCUT2D eigenvalue weighted by molar-refractivity contribution is -0.132. The van der Waals surface area contributed by atoms with Crippen molar-refractivity contribution in [3.63, 3.8) is 0 Å². The molecule has 0 spiro atoms. The van der Waals surface area contributed by atoms with E-state index in [1.54, 1.807) is 16.3 Å². The molecule has 212 valence electrons. The van der Waals surface area contributed by atoms with Gasteiger partial charge >= 0.3 is 0 Å². The zero-order valence-electron chi connectivity index (χ0n) is 23.2. The average Bonchev–Trinajstić information content (AvgIpc) is 2.93. The van der Waals surface area contributed by atoms with Crippen LogP contribution < -0.4 is 16.2 Å². The third-order valence-corrected chi connectivity index (χ3v) is 9.31. The number of hydrogen-bond acceptors (Lipinski definition) is 6. The van der Waals surface area contributed by atoms with E-state index in [4.69, 9.17) is 16.6 Å². The molecule has 7 nitrogen and oxygen atoms in total. The molecule has 0 bridgehead atoms. The number of aromatic nitrogens is 2. The van der Waals surface area contributed by atoms with Gasteiger partial charge < -0.3 is 15.5 Å². The van der Waals surface area contributed by atoms with E-state index >= 15 is 0 Å². The molecule has 1 atom stereocenters. The van der Waals surface area contributed by atoms with Crippen LogP contribution >= 0.6 is 23.4 Å². The first-order valence-electron chi connectivity index (χ1n) is 14.3. The van der Waals surface area contributed by atoms with E-state index in [-0.39, 0.29) is 17.5 Å². The van der Waals surface area contributed by atoms with E-state index in [1.165, 1.54) is 6.42 Å². The maximum Gasteiger partial charge on any atom is 0.264 e. The number of nitrogens with zero attached hydrogens (tertiary/aromatic N) is 3. The summed E-state index contributed by atoms with van der Waals surface area (Å²) >= 11 is 7.73. The van der Waals surface area contributed by atoms with Crippen molar-refractivity contribution in [2.75, 3.05) is 25.0 Å². The zero-order chi connectivity index (χ0) is 28.1. The number of carbonyl (C=O) groups is 1. The molecule has 0 radical (unpaired) electrons. The Morgan fingerprint density at radius 3 is 2.55 bits per heavy atom. The highest BCUT2D eigenvalue weighted by atomic mass is 35.5. The maximum atomic E-state index is 13.8. The lowest BCUT2D eigenvalue weighted by Gasteiger charge is -2.30. The van der Waals surface area contributed by atoms with Gasteiger partial charge in [-0.1, -0.05) is 61.8 Å². The fourth-order valence-electron chi connectivity index (χ4n) is 5.01. The molecular weight excluding hydrogens is 542 g/mol. The number of amides is 1. The van der Waals surface area contributed by atoms with E-state index < -0.39 is 0 Å². The number of halogens is 1. The summed E-state index contributed by atoms with van der Waals surface area (Å²) in [5.41, 5.74) is 3.28. The normalized spacial score (nSPS) is 15.9. The predicted molar refractivity (Wildman–Crippen MR) is 164 cm³/mol. The molecule has 1 aliphatic heterocycles. The highest BCUT2D eigenvalue weighted by molar-refractivity contribution is 7.99. The highest BCUT2D eigenvalue weighted by Gasteiger charge is 2.28. The molecule has 1 fully saturated rings. The molecule has 9 heteroatoms. The summed E-state index contributed by atoms with van der Waals surface area (Å²) < 4.78 is 1.75. The van der Waals surface area contributed by atoms with Crippen molar-refractivity contribution in [1.82, 2.24) is 19.8 Å². The summed E-state index contributed by atoms with van der Waals surface area (Å²) in [7, 11) is 0. The molecule has 2 aromatic carbocycles. The van der Waals surface area contributed by atoms with Gasteiger partial charge in [-0.05, 0) is 55.2 Å². The molecule has 5 rings (SSSR count). The van der Waals surface area contributed by atoms with Crippen molar-refractivity contribution >= 4 is 35.0 Å². The van der Waals surface area contributed by atoms with Gasteiger partial charge in [-0.15, -0.1) is 0 Å². The van der Waals surface area contributed by atoms with Crippen molar-refractivity contribution in [3.8, 4) is 5.69 Å². The van der Waals surface area contributed by atoms with Crippen LogP contribution in [0.25, 0.3) is 5.69 Å². The van der Waals surface area contributed by atoms with Crippen LogP contribution in [0.3, 0.4) is 0 Å².